The van der Waals surface area contributed by atoms with Crippen molar-refractivity contribution in [3.8, 4) is 0 Å². The zero-order valence-corrected chi connectivity index (χ0v) is 45.3. The molecule has 0 fully saturated rings. The van der Waals surface area contributed by atoms with E-state index >= 15 is 0 Å². The number of unbranched alkanes of at least 4 members (excludes halogenated alkanes) is 39. The molecular weight excluding hydrogens is 827 g/mol. The number of carbonyl (C=O) groups excluding carboxylic acids is 2. The van der Waals surface area contributed by atoms with Gasteiger partial charge in [0.15, 0.2) is 0 Å². The molecule has 3 N–H and O–H groups in total. The molecule has 6 heteroatoms. The molecule has 0 aliphatic rings. The van der Waals surface area contributed by atoms with Gasteiger partial charge in [0.2, 0.25) is 5.91 Å². The predicted molar refractivity (Wildman–Crippen MR) is 292 cm³/mol. The Morgan fingerprint density at radius 3 is 1.06 bits per heavy atom. The Morgan fingerprint density at radius 1 is 0.418 bits per heavy atom. The SMILES string of the molecule is CCCCCCCC/C=C/CCCCCCCCCCCC(=O)OC(CCCCCCC/C=C/CCCCCCCC)CC(=O)NC(CO)C(O)CCCCCCCCCCCCCCCC. The van der Waals surface area contributed by atoms with E-state index in [2.05, 4.69) is 50.4 Å². The highest BCUT2D eigenvalue weighted by Gasteiger charge is 2.24. The van der Waals surface area contributed by atoms with Crippen molar-refractivity contribution in [1.29, 1.82) is 0 Å². The van der Waals surface area contributed by atoms with E-state index in [1.54, 1.807) is 0 Å². The summed E-state index contributed by atoms with van der Waals surface area (Å²) < 4.78 is 5.97. The third-order valence-corrected chi connectivity index (χ3v) is 14.0. The number of hydrogen-bond donors (Lipinski definition) is 3. The lowest BCUT2D eigenvalue weighted by atomic mass is 10.0. The molecule has 1 amide bonds. The topological polar surface area (TPSA) is 95.9 Å². The summed E-state index contributed by atoms with van der Waals surface area (Å²) in [4.78, 5) is 26.3. The average Bonchev–Trinajstić information content (AvgIpc) is 3.32. The minimum atomic E-state index is -0.788. The Labute approximate surface area is 418 Å². The fourth-order valence-corrected chi connectivity index (χ4v) is 9.42. The maximum absolute atomic E-state index is 13.3. The van der Waals surface area contributed by atoms with Crippen LogP contribution in [0.4, 0.5) is 0 Å². The van der Waals surface area contributed by atoms with Crippen LogP contribution >= 0.6 is 0 Å². The van der Waals surface area contributed by atoms with E-state index in [4.69, 9.17) is 4.74 Å². The van der Waals surface area contributed by atoms with E-state index in [9.17, 15) is 19.8 Å². The van der Waals surface area contributed by atoms with Gasteiger partial charge in [-0.15, -0.1) is 0 Å². The van der Waals surface area contributed by atoms with Gasteiger partial charge in [0.25, 0.3) is 0 Å². The lowest BCUT2D eigenvalue weighted by molar-refractivity contribution is -0.151. The monoisotopic (exact) mass is 944 g/mol. The molecule has 396 valence electrons. The van der Waals surface area contributed by atoms with Gasteiger partial charge < -0.3 is 20.3 Å². The molecule has 6 nitrogen and oxygen atoms in total. The van der Waals surface area contributed by atoms with Gasteiger partial charge in [-0.3, -0.25) is 9.59 Å². The zero-order chi connectivity index (χ0) is 48.8. The second-order valence-electron chi connectivity index (χ2n) is 20.7. The van der Waals surface area contributed by atoms with Crippen LogP contribution in [0.2, 0.25) is 0 Å². The Bertz CT molecular complexity index is 1060. The third kappa shape index (κ3) is 50.5. The highest BCUT2D eigenvalue weighted by atomic mass is 16.5. The zero-order valence-electron chi connectivity index (χ0n) is 45.3. The molecule has 3 atom stereocenters. The number of ether oxygens (including phenoxy) is 1. The number of carbonyl (C=O) groups is 2. The molecule has 0 aliphatic carbocycles. The van der Waals surface area contributed by atoms with Crippen molar-refractivity contribution in [2.75, 3.05) is 6.61 Å². The summed E-state index contributed by atoms with van der Waals surface area (Å²) in [6.07, 6.45) is 65.3. The van der Waals surface area contributed by atoms with Crippen LogP contribution in [-0.2, 0) is 14.3 Å². The van der Waals surface area contributed by atoms with E-state index < -0.39 is 18.2 Å². The van der Waals surface area contributed by atoms with Crippen LogP contribution in [0.1, 0.15) is 329 Å². The summed E-state index contributed by atoms with van der Waals surface area (Å²) in [5.41, 5.74) is 0. The summed E-state index contributed by atoms with van der Waals surface area (Å²) >= 11 is 0. The van der Waals surface area contributed by atoms with Gasteiger partial charge in [0.1, 0.15) is 6.10 Å². The van der Waals surface area contributed by atoms with Crippen molar-refractivity contribution in [3.63, 3.8) is 0 Å². The Morgan fingerprint density at radius 2 is 0.716 bits per heavy atom. The van der Waals surface area contributed by atoms with E-state index in [0.29, 0.717) is 19.3 Å². The van der Waals surface area contributed by atoms with E-state index in [1.165, 1.54) is 225 Å². The molecule has 0 aromatic rings. The predicted octanol–water partition coefficient (Wildman–Crippen LogP) is 18.6. The highest BCUT2D eigenvalue weighted by molar-refractivity contribution is 5.77. The van der Waals surface area contributed by atoms with Crippen molar-refractivity contribution >= 4 is 11.9 Å². The van der Waals surface area contributed by atoms with Crippen LogP contribution in [0.25, 0.3) is 0 Å². The van der Waals surface area contributed by atoms with E-state index in [0.717, 1.165) is 57.8 Å². The number of esters is 1. The number of aliphatic hydroxyl groups is 2. The maximum Gasteiger partial charge on any atom is 0.306 e. The fraction of sp³-hybridized carbons (Fsp3) is 0.902. The van der Waals surface area contributed by atoms with Gasteiger partial charge in [-0.2, -0.15) is 0 Å². The summed E-state index contributed by atoms with van der Waals surface area (Å²) in [6.45, 7) is 6.51. The molecule has 0 saturated heterocycles. The van der Waals surface area contributed by atoms with Crippen molar-refractivity contribution in [3.05, 3.63) is 24.3 Å². The van der Waals surface area contributed by atoms with Crippen LogP contribution in [0.15, 0.2) is 24.3 Å². The first-order valence-corrected chi connectivity index (χ1v) is 30.1. The Kier molecular flexibility index (Phi) is 53.9. The summed E-state index contributed by atoms with van der Waals surface area (Å²) in [6, 6.07) is -0.702. The third-order valence-electron chi connectivity index (χ3n) is 14.0. The van der Waals surface area contributed by atoms with Gasteiger partial charge in [0.05, 0.1) is 25.2 Å². The molecule has 0 heterocycles. The minimum Gasteiger partial charge on any atom is -0.462 e. The smallest absolute Gasteiger partial charge is 0.306 e. The standard InChI is InChI=1S/C61H117NO5/c1-4-7-10-13-16-19-22-25-28-29-30-31-33-36-39-42-45-48-51-54-61(66)67-57(52-49-46-43-40-37-34-32-26-23-20-17-14-11-8-5-2)55-60(65)62-58(56-63)59(64)53-50-47-44-41-38-35-27-24-21-18-15-12-9-6-3/h25-26,28,32,57-59,63-64H,4-24,27,29-31,33-56H2,1-3H3,(H,62,65)/b28-25+,32-26+. The number of allylic oxidation sites excluding steroid dienone is 4. The fourth-order valence-electron chi connectivity index (χ4n) is 9.42. The van der Waals surface area contributed by atoms with E-state index in [1.807, 2.05) is 0 Å². The number of hydrogen-bond acceptors (Lipinski definition) is 5. The second-order valence-corrected chi connectivity index (χ2v) is 20.7. The molecule has 0 saturated carbocycles. The Hall–Kier alpha value is -1.66. The van der Waals surface area contributed by atoms with Crippen LogP contribution in [-0.4, -0.2) is 46.9 Å². The molecular formula is C61H117NO5. The first kappa shape index (κ1) is 65.3. The number of aliphatic hydroxyl groups excluding tert-OH is 2. The van der Waals surface area contributed by atoms with Gasteiger partial charge in [-0.05, 0) is 77.0 Å². The summed E-state index contributed by atoms with van der Waals surface area (Å²) in [5, 5.41) is 23.9. The minimum absolute atomic E-state index is 0.0761. The molecule has 0 aliphatic heterocycles. The summed E-state index contributed by atoms with van der Waals surface area (Å²) in [7, 11) is 0. The quantitative estimate of drug-likeness (QED) is 0.0321. The Balaban J connectivity index is 4.51. The molecule has 0 aromatic carbocycles. The van der Waals surface area contributed by atoms with Crippen molar-refractivity contribution in [2.45, 2.75) is 347 Å². The van der Waals surface area contributed by atoms with Gasteiger partial charge in [0, 0.05) is 6.42 Å². The largest absolute Gasteiger partial charge is 0.462 e. The lowest BCUT2D eigenvalue weighted by Crippen LogP contribution is -2.46. The van der Waals surface area contributed by atoms with Crippen molar-refractivity contribution < 1.29 is 24.5 Å². The van der Waals surface area contributed by atoms with Crippen LogP contribution in [0, 0.1) is 0 Å². The average molecular weight is 945 g/mol. The molecule has 0 bridgehead atoms. The van der Waals surface area contributed by atoms with Gasteiger partial charge in [-0.25, -0.2) is 0 Å². The first-order chi connectivity index (χ1) is 33.0. The summed E-state index contributed by atoms with van der Waals surface area (Å²) in [5.74, 6) is -0.465. The molecule has 0 spiro atoms. The molecule has 0 radical (unpaired) electrons. The molecule has 3 unspecified atom stereocenters. The van der Waals surface area contributed by atoms with Crippen molar-refractivity contribution in [1.82, 2.24) is 5.32 Å². The second kappa shape index (κ2) is 55.3. The van der Waals surface area contributed by atoms with Crippen LogP contribution < -0.4 is 5.32 Å². The number of nitrogens with one attached hydrogen (secondary N) is 1. The lowest BCUT2D eigenvalue weighted by Gasteiger charge is -2.24. The highest BCUT2D eigenvalue weighted by Crippen LogP contribution is 2.19. The van der Waals surface area contributed by atoms with Gasteiger partial charge in [-0.1, -0.05) is 263 Å². The maximum atomic E-state index is 13.3. The molecule has 67 heavy (non-hydrogen) atoms. The van der Waals surface area contributed by atoms with Gasteiger partial charge >= 0.3 is 5.97 Å². The van der Waals surface area contributed by atoms with Crippen LogP contribution in [0.3, 0.4) is 0 Å². The number of amides is 1. The van der Waals surface area contributed by atoms with Crippen molar-refractivity contribution in [2.24, 2.45) is 0 Å². The molecule has 0 aromatic heterocycles. The molecule has 0 rings (SSSR count). The van der Waals surface area contributed by atoms with Crippen LogP contribution in [0.5, 0.6) is 0 Å². The normalized spacial score (nSPS) is 13.2. The van der Waals surface area contributed by atoms with E-state index in [-0.39, 0.29) is 24.9 Å². The first-order valence-electron chi connectivity index (χ1n) is 30.1. The number of rotatable bonds is 55.